The molecule has 0 bridgehead atoms. The molecule has 87 heavy (non-hydrogen) atoms. The summed E-state index contributed by atoms with van der Waals surface area (Å²) >= 11 is 0. The highest BCUT2D eigenvalue weighted by Crippen LogP contribution is 2.37. The SMILES string of the molecule is CCCCOc1ccc([S+](c2ccccc2)c2ccccc2)cc1.COc1ccc([S+](c2ccccc2)c2ccccc2)cc1.Cc1cc(C)c([S+](c2ccccc2)c2ccccc2)c(C)c1.Oc1ccc([S+](c2ccccc2)c2ccccc2)cc1. The van der Waals surface area contributed by atoms with E-state index in [1.54, 1.807) is 19.2 Å². The Balaban J connectivity index is 0.000000139. The van der Waals surface area contributed by atoms with Crippen molar-refractivity contribution in [3.63, 3.8) is 0 Å². The summed E-state index contributed by atoms with van der Waals surface area (Å²) in [4.78, 5) is 15.9. The molecule has 0 radical (unpaired) electrons. The van der Waals surface area contributed by atoms with Gasteiger partial charge in [-0.1, -0.05) is 177 Å². The molecule has 0 aliphatic carbocycles. The molecule has 7 heteroatoms. The first-order valence-corrected chi connectivity index (χ1v) is 34.3. The second-order valence-electron chi connectivity index (χ2n) is 20.3. The molecule has 0 saturated carbocycles. The van der Waals surface area contributed by atoms with E-state index in [0.717, 1.165) is 30.9 Å². The van der Waals surface area contributed by atoms with E-state index >= 15 is 0 Å². The number of hydrogen-bond acceptors (Lipinski definition) is 3. The molecule has 12 rings (SSSR count). The zero-order valence-electron chi connectivity index (χ0n) is 50.2. The van der Waals surface area contributed by atoms with Gasteiger partial charge in [0.25, 0.3) is 0 Å². The Morgan fingerprint density at radius 3 is 0.805 bits per heavy atom. The van der Waals surface area contributed by atoms with Gasteiger partial charge in [-0.3, -0.25) is 0 Å². The van der Waals surface area contributed by atoms with Crippen molar-refractivity contribution in [3.8, 4) is 17.2 Å². The number of ether oxygens (including phenoxy) is 2. The second kappa shape index (κ2) is 33.4. The lowest BCUT2D eigenvalue weighted by Gasteiger charge is -2.13. The molecule has 0 aliphatic heterocycles. The summed E-state index contributed by atoms with van der Waals surface area (Å²) in [5.41, 5.74) is 4.10. The lowest BCUT2D eigenvalue weighted by Crippen LogP contribution is -2.08. The number of aromatic hydroxyl groups is 1. The van der Waals surface area contributed by atoms with Crippen molar-refractivity contribution >= 4 is 43.6 Å². The fourth-order valence-electron chi connectivity index (χ4n) is 9.84. The predicted molar refractivity (Wildman–Crippen MR) is 369 cm³/mol. The Morgan fingerprint density at radius 1 is 0.299 bits per heavy atom. The molecular weight excluding hydrogens is 1140 g/mol. The van der Waals surface area contributed by atoms with E-state index in [1.165, 1.54) is 75.4 Å². The fraction of sp³-hybridized carbons (Fsp3) is 0.100. The standard InChI is InChI=1S/C22H23OS.C21H21S.C19H17OS.C18H14OS/c1-2-3-18-23-19-14-16-22(17-15-19)24(20-10-6-4-7-11-20)21-12-8-5-9-13-21;1-16-14-17(2)21(18(3)15-16)22(19-10-6-4-7-11-19)20-12-8-5-9-13-20;1-20-16-12-14-19(15-13-16)21(17-8-4-2-5-9-17)18-10-6-3-7-11-18;19-15-11-13-18(14-12-15)20(16-7-3-1-4-8-16)17-9-5-2-6-10-17/h4-17H,2-3,18H2,1H3;4-15H,1-3H3;2-15H,1H3;1-14H/q3*+1;/p+1. The van der Waals surface area contributed by atoms with E-state index < -0.39 is 0 Å². The van der Waals surface area contributed by atoms with E-state index in [4.69, 9.17) is 9.47 Å². The van der Waals surface area contributed by atoms with Crippen molar-refractivity contribution in [1.29, 1.82) is 0 Å². The van der Waals surface area contributed by atoms with Crippen LogP contribution >= 0.6 is 0 Å². The number of hydrogen-bond donors (Lipinski definition) is 1. The zero-order chi connectivity index (χ0) is 60.4. The average molecular weight is 1210 g/mol. The molecule has 12 aromatic rings. The maximum absolute atomic E-state index is 9.48. The number of phenolic OH excluding ortho intramolecular Hbond substituents is 1. The number of methoxy groups -OCH3 is 1. The van der Waals surface area contributed by atoms with Crippen LogP contribution in [0.25, 0.3) is 0 Å². The molecule has 1 N–H and O–H groups in total. The van der Waals surface area contributed by atoms with Crippen LogP contribution in [0.1, 0.15) is 36.5 Å². The molecule has 0 aromatic heterocycles. The average Bonchev–Trinajstić information content (AvgIpc) is 2.68. The number of unbranched alkanes of at least 4 members (excludes halogenated alkanes) is 1. The largest absolute Gasteiger partial charge is 0.508 e. The topological polar surface area (TPSA) is 38.7 Å². The lowest BCUT2D eigenvalue weighted by atomic mass is 10.1. The molecule has 3 nitrogen and oxygen atoms in total. The Kier molecular flexibility index (Phi) is 24.2. The minimum atomic E-state index is -0.134. The van der Waals surface area contributed by atoms with Gasteiger partial charge in [0.2, 0.25) is 0 Å². The van der Waals surface area contributed by atoms with Gasteiger partial charge in [-0.25, -0.2) is 0 Å². The van der Waals surface area contributed by atoms with Crippen LogP contribution < -0.4 is 9.47 Å². The van der Waals surface area contributed by atoms with Crippen LogP contribution in [0.15, 0.2) is 386 Å². The van der Waals surface area contributed by atoms with Gasteiger partial charge in [0.05, 0.1) is 57.3 Å². The first-order valence-electron chi connectivity index (χ1n) is 29.4. The number of rotatable bonds is 17. The Morgan fingerprint density at radius 2 is 0.540 bits per heavy atom. The van der Waals surface area contributed by atoms with E-state index in [9.17, 15) is 5.11 Å². The van der Waals surface area contributed by atoms with Crippen LogP contribution in [0.4, 0.5) is 0 Å². The Bertz CT molecular complexity index is 3680. The summed E-state index contributed by atoms with van der Waals surface area (Å²) in [6.07, 6.45) is 2.25. The third kappa shape index (κ3) is 18.0. The Labute approximate surface area is 528 Å². The van der Waals surface area contributed by atoms with Gasteiger partial charge in [0, 0.05) is 11.1 Å². The maximum atomic E-state index is 9.48. The van der Waals surface area contributed by atoms with E-state index in [-0.39, 0.29) is 43.6 Å². The van der Waals surface area contributed by atoms with Crippen LogP contribution in [-0.4, -0.2) is 18.8 Å². The fourth-order valence-corrected chi connectivity index (χ4v) is 18.5. The summed E-state index contributed by atoms with van der Waals surface area (Å²) < 4.78 is 11.1. The van der Waals surface area contributed by atoms with Crippen LogP contribution in [0.3, 0.4) is 0 Å². The van der Waals surface area contributed by atoms with Crippen LogP contribution in [0, 0.1) is 20.8 Å². The van der Waals surface area contributed by atoms with Crippen LogP contribution in [-0.2, 0) is 43.6 Å². The molecule has 434 valence electrons. The second-order valence-corrected chi connectivity index (χ2v) is 28.3. The van der Waals surface area contributed by atoms with Gasteiger partial charge in [0.1, 0.15) is 17.2 Å². The van der Waals surface area contributed by atoms with Crippen molar-refractivity contribution < 1.29 is 14.6 Å². The zero-order valence-corrected chi connectivity index (χ0v) is 53.5. The van der Waals surface area contributed by atoms with Gasteiger partial charge in [-0.15, -0.1) is 0 Å². The molecule has 0 amide bonds. The van der Waals surface area contributed by atoms with E-state index in [0.29, 0.717) is 5.75 Å². The molecule has 0 saturated heterocycles. The monoisotopic (exact) mass is 1210 g/mol. The minimum Gasteiger partial charge on any atom is -0.508 e. The molecule has 12 aromatic carbocycles. The van der Waals surface area contributed by atoms with Gasteiger partial charge in [-0.05, 0) is 197 Å². The summed E-state index contributed by atoms with van der Waals surface area (Å²) in [7, 11) is 1.35. The third-order valence-electron chi connectivity index (χ3n) is 13.8. The van der Waals surface area contributed by atoms with Crippen molar-refractivity contribution in [2.24, 2.45) is 0 Å². The van der Waals surface area contributed by atoms with Crippen molar-refractivity contribution in [2.45, 2.75) is 99.3 Å². The van der Waals surface area contributed by atoms with Gasteiger partial charge in [0.15, 0.2) is 58.7 Å². The molecule has 0 fully saturated rings. The van der Waals surface area contributed by atoms with Crippen molar-refractivity contribution in [3.05, 3.63) is 344 Å². The number of phenols is 1. The lowest BCUT2D eigenvalue weighted by molar-refractivity contribution is 0.309. The summed E-state index contributed by atoms with van der Waals surface area (Å²) in [5.74, 6) is 2.15. The molecular formula is C80H76O3S4+4. The first-order chi connectivity index (χ1) is 42.8. The maximum Gasteiger partial charge on any atom is 0.172 e. The number of benzene rings is 12. The van der Waals surface area contributed by atoms with Crippen LogP contribution in [0.2, 0.25) is 0 Å². The Hall–Kier alpha value is -8.56. The van der Waals surface area contributed by atoms with Gasteiger partial charge < -0.3 is 14.6 Å². The first kappa shape index (κ1) is 63.0. The highest BCUT2D eigenvalue weighted by molar-refractivity contribution is 7.98. The molecule has 0 atom stereocenters. The normalized spacial score (nSPS) is 10.7. The highest BCUT2D eigenvalue weighted by Gasteiger charge is 2.33. The summed E-state index contributed by atoms with van der Waals surface area (Å²) in [6.45, 7) is 9.62. The highest BCUT2D eigenvalue weighted by atomic mass is 32.2. The third-order valence-corrected chi connectivity index (χ3v) is 23.1. The minimum absolute atomic E-state index is 0.0460. The molecule has 0 heterocycles. The van der Waals surface area contributed by atoms with E-state index in [2.05, 4.69) is 307 Å². The predicted octanol–water partition coefficient (Wildman–Crippen LogP) is 20.9. The summed E-state index contributed by atoms with van der Waals surface area (Å²) in [5, 5.41) is 9.48. The smallest absolute Gasteiger partial charge is 0.172 e. The van der Waals surface area contributed by atoms with Crippen LogP contribution in [0.5, 0.6) is 17.2 Å². The van der Waals surface area contributed by atoms with Crippen molar-refractivity contribution in [2.75, 3.05) is 13.7 Å². The molecule has 0 unspecified atom stereocenters. The van der Waals surface area contributed by atoms with Crippen molar-refractivity contribution in [1.82, 2.24) is 0 Å². The van der Waals surface area contributed by atoms with E-state index in [1.807, 2.05) is 36.4 Å². The van der Waals surface area contributed by atoms with Gasteiger partial charge in [-0.2, -0.15) is 0 Å². The van der Waals surface area contributed by atoms with Gasteiger partial charge >= 0.3 is 0 Å². The molecule has 0 aliphatic rings. The quantitative estimate of drug-likeness (QED) is 0.0729. The number of aryl methyl sites for hydroxylation is 3. The summed E-state index contributed by atoms with van der Waals surface area (Å²) in [6, 6.07) is 114. The molecule has 0 spiro atoms.